The van der Waals surface area contributed by atoms with Crippen molar-refractivity contribution in [3.05, 3.63) is 21.9 Å². The van der Waals surface area contributed by atoms with Gasteiger partial charge < -0.3 is 5.32 Å². The van der Waals surface area contributed by atoms with Gasteiger partial charge in [0.05, 0.1) is 10.4 Å². The molecular formula is C7H6N2OS. The van der Waals surface area contributed by atoms with Crippen molar-refractivity contribution in [3.8, 4) is 6.07 Å². The highest BCUT2D eigenvalue weighted by Gasteiger charge is 2.05. The summed E-state index contributed by atoms with van der Waals surface area (Å²) < 4.78 is 0. The van der Waals surface area contributed by atoms with E-state index in [0.29, 0.717) is 10.4 Å². The van der Waals surface area contributed by atoms with Crippen molar-refractivity contribution in [2.75, 3.05) is 7.05 Å². The second-order valence-corrected chi connectivity index (χ2v) is 2.80. The van der Waals surface area contributed by atoms with Crippen molar-refractivity contribution in [1.29, 1.82) is 5.26 Å². The van der Waals surface area contributed by atoms with Crippen molar-refractivity contribution in [2.45, 2.75) is 0 Å². The summed E-state index contributed by atoms with van der Waals surface area (Å²) in [5.41, 5.74) is 0.536. The fourth-order valence-corrected chi connectivity index (χ4v) is 1.42. The molecule has 1 aromatic rings. The van der Waals surface area contributed by atoms with Crippen LogP contribution in [0.25, 0.3) is 0 Å². The summed E-state index contributed by atoms with van der Waals surface area (Å²) in [4.78, 5) is 11.5. The molecule has 0 fully saturated rings. The minimum absolute atomic E-state index is 0.142. The summed E-state index contributed by atoms with van der Waals surface area (Å²) in [5, 5.41) is 12.6. The van der Waals surface area contributed by atoms with Crippen LogP contribution >= 0.6 is 11.3 Å². The highest BCUT2D eigenvalue weighted by molar-refractivity contribution is 7.12. The van der Waals surface area contributed by atoms with E-state index < -0.39 is 0 Å². The van der Waals surface area contributed by atoms with Crippen molar-refractivity contribution in [2.24, 2.45) is 0 Å². The molecule has 0 spiro atoms. The molecule has 0 aliphatic heterocycles. The van der Waals surface area contributed by atoms with Crippen LogP contribution in [0, 0.1) is 11.3 Å². The van der Waals surface area contributed by atoms with E-state index in [-0.39, 0.29) is 5.91 Å². The number of nitrogens with zero attached hydrogens (tertiary/aromatic N) is 1. The average Bonchev–Trinajstić information content (AvgIpc) is 2.50. The first-order valence-corrected chi connectivity index (χ1v) is 3.86. The third-order valence-corrected chi connectivity index (χ3v) is 2.11. The Labute approximate surface area is 68.3 Å². The number of nitriles is 1. The Morgan fingerprint density at radius 2 is 2.55 bits per heavy atom. The molecule has 1 N–H and O–H groups in total. The van der Waals surface area contributed by atoms with Crippen LogP contribution < -0.4 is 5.32 Å². The van der Waals surface area contributed by atoms with Crippen LogP contribution in [0.1, 0.15) is 15.2 Å². The molecule has 0 aliphatic rings. The van der Waals surface area contributed by atoms with Gasteiger partial charge in [0.1, 0.15) is 6.07 Å². The van der Waals surface area contributed by atoms with E-state index in [1.165, 1.54) is 11.3 Å². The zero-order chi connectivity index (χ0) is 8.27. The third kappa shape index (κ3) is 1.57. The Balaban J connectivity index is 2.91. The molecule has 0 aromatic carbocycles. The predicted octanol–water partition coefficient (Wildman–Crippen LogP) is 0.979. The SMILES string of the molecule is CNC(=O)c1cc(C#N)cs1. The van der Waals surface area contributed by atoms with Gasteiger partial charge in [0, 0.05) is 12.4 Å². The van der Waals surface area contributed by atoms with Gasteiger partial charge in [-0.15, -0.1) is 11.3 Å². The Bertz CT molecular complexity index is 310. The molecule has 1 heterocycles. The van der Waals surface area contributed by atoms with Crippen molar-refractivity contribution in [1.82, 2.24) is 5.32 Å². The average molecular weight is 166 g/mol. The number of nitrogens with one attached hydrogen (secondary N) is 1. The van der Waals surface area contributed by atoms with Crippen molar-refractivity contribution >= 4 is 17.2 Å². The van der Waals surface area contributed by atoms with Gasteiger partial charge in [0.15, 0.2) is 0 Å². The van der Waals surface area contributed by atoms with Crippen LogP contribution in [0.4, 0.5) is 0 Å². The van der Waals surface area contributed by atoms with Crippen LogP contribution in [0.15, 0.2) is 11.4 Å². The molecule has 0 radical (unpaired) electrons. The molecule has 1 amide bonds. The molecule has 11 heavy (non-hydrogen) atoms. The Hall–Kier alpha value is -1.34. The standard InChI is InChI=1S/C7H6N2OS/c1-9-7(10)6-2-5(3-8)4-11-6/h2,4H,1H3,(H,9,10). The maximum absolute atomic E-state index is 10.9. The van der Waals surface area contributed by atoms with Gasteiger partial charge in [-0.05, 0) is 6.07 Å². The van der Waals surface area contributed by atoms with Crippen LogP contribution in [0.3, 0.4) is 0 Å². The van der Waals surface area contributed by atoms with Crippen LogP contribution in [0.2, 0.25) is 0 Å². The van der Waals surface area contributed by atoms with Gasteiger partial charge in [-0.25, -0.2) is 0 Å². The highest BCUT2D eigenvalue weighted by atomic mass is 32.1. The molecule has 1 aromatic heterocycles. The summed E-state index contributed by atoms with van der Waals surface area (Å²) in [6, 6.07) is 3.53. The highest BCUT2D eigenvalue weighted by Crippen LogP contribution is 2.12. The molecule has 56 valence electrons. The summed E-state index contributed by atoms with van der Waals surface area (Å²) in [6.45, 7) is 0. The first-order chi connectivity index (χ1) is 5.27. The molecule has 0 saturated heterocycles. The Morgan fingerprint density at radius 3 is 3.00 bits per heavy atom. The fourth-order valence-electron chi connectivity index (χ4n) is 0.637. The number of hydrogen-bond acceptors (Lipinski definition) is 3. The molecule has 3 nitrogen and oxygen atoms in total. The Morgan fingerprint density at radius 1 is 1.82 bits per heavy atom. The lowest BCUT2D eigenvalue weighted by molar-refractivity contribution is 0.0967. The summed E-state index contributed by atoms with van der Waals surface area (Å²) in [6.07, 6.45) is 0. The molecule has 0 saturated carbocycles. The largest absolute Gasteiger partial charge is 0.354 e. The second-order valence-electron chi connectivity index (χ2n) is 1.89. The molecule has 0 atom stereocenters. The van der Waals surface area contributed by atoms with Gasteiger partial charge in [-0.2, -0.15) is 5.26 Å². The van der Waals surface area contributed by atoms with Crippen molar-refractivity contribution in [3.63, 3.8) is 0 Å². The van der Waals surface area contributed by atoms with Crippen LogP contribution in [-0.2, 0) is 0 Å². The molecule has 0 unspecified atom stereocenters. The molecule has 1 rings (SSSR count). The van der Waals surface area contributed by atoms with Crippen molar-refractivity contribution < 1.29 is 4.79 Å². The van der Waals surface area contributed by atoms with E-state index in [1.54, 1.807) is 18.5 Å². The number of carbonyl (C=O) groups is 1. The predicted molar refractivity (Wildman–Crippen MR) is 42.4 cm³/mol. The van der Waals surface area contributed by atoms with E-state index in [1.807, 2.05) is 6.07 Å². The zero-order valence-electron chi connectivity index (χ0n) is 5.92. The number of thiophene rings is 1. The van der Waals surface area contributed by atoms with E-state index in [2.05, 4.69) is 5.32 Å². The number of amides is 1. The van der Waals surface area contributed by atoms with Gasteiger partial charge >= 0.3 is 0 Å². The zero-order valence-corrected chi connectivity index (χ0v) is 6.73. The monoisotopic (exact) mass is 166 g/mol. The topological polar surface area (TPSA) is 52.9 Å². The summed E-state index contributed by atoms with van der Waals surface area (Å²) >= 11 is 1.27. The Kier molecular flexibility index (Phi) is 2.24. The normalized spacial score (nSPS) is 8.73. The molecular weight excluding hydrogens is 160 g/mol. The van der Waals surface area contributed by atoms with Crippen LogP contribution in [0.5, 0.6) is 0 Å². The maximum atomic E-state index is 10.9. The third-order valence-electron chi connectivity index (χ3n) is 1.18. The van der Waals surface area contributed by atoms with Gasteiger partial charge in [0.2, 0.25) is 0 Å². The minimum atomic E-state index is -0.142. The summed E-state index contributed by atoms with van der Waals surface area (Å²) in [5.74, 6) is -0.142. The van der Waals surface area contributed by atoms with E-state index in [4.69, 9.17) is 5.26 Å². The molecule has 4 heteroatoms. The number of hydrogen-bond donors (Lipinski definition) is 1. The molecule has 0 aliphatic carbocycles. The quantitative estimate of drug-likeness (QED) is 0.676. The molecule has 0 bridgehead atoms. The maximum Gasteiger partial charge on any atom is 0.261 e. The smallest absolute Gasteiger partial charge is 0.261 e. The first-order valence-electron chi connectivity index (χ1n) is 2.98. The van der Waals surface area contributed by atoms with Gasteiger partial charge in [-0.1, -0.05) is 0 Å². The van der Waals surface area contributed by atoms with Gasteiger partial charge in [-0.3, -0.25) is 4.79 Å². The lowest BCUT2D eigenvalue weighted by atomic mass is 10.3. The lowest BCUT2D eigenvalue weighted by Crippen LogP contribution is -2.16. The second kappa shape index (κ2) is 3.17. The first kappa shape index (κ1) is 7.76. The lowest BCUT2D eigenvalue weighted by Gasteiger charge is -1.90. The number of rotatable bonds is 1. The minimum Gasteiger partial charge on any atom is -0.354 e. The number of carbonyl (C=O) groups excluding carboxylic acids is 1. The van der Waals surface area contributed by atoms with E-state index >= 15 is 0 Å². The summed E-state index contributed by atoms with van der Waals surface area (Å²) in [7, 11) is 1.56. The fraction of sp³-hybridized carbons (Fsp3) is 0.143. The van der Waals surface area contributed by atoms with Gasteiger partial charge in [0.25, 0.3) is 5.91 Å². The van der Waals surface area contributed by atoms with E-state index in [9.17, 15) is 4.79 Å². The van der Waals surface area contributed by atoms with Crippen LogP contribution in [-0.4, -0.2) is 13.0 Å². The van der Waals surface area contributed by atoms with E-state index in [0.717, 1.165) is 0 Å².